The van der Waals surface area contributed by atoms with Gasteiger partial charge in [-0.1, -0.05) is 12.1 Å². The molecule has 2 rings (SSSR count). The zero-order valence-electron chi connectivity index (χ0n) is 9.48. The molecule has 2 aromatic carbocycles. The number of methoxy groups -OCH3 is 1. The summed E-state index contributed by atoms with van der Waals surface area (Å²) in [5, 5.41) is 9.62. The molecule has 0 aliphatic rings. The van der Waals surface area contributed by atoms with E-state index in [2.05, 4.69) is 0 Å². The van der Waals surface area contributed by atoms with Crippen LogP contribution in [0.4, 0.5) is 4.39 Å². The summed E-state index contributed by atoms with van der Waals surface area (Å²) in [4.78, 5) is 0. The van der Waals surface area contributed by atoms with Gasteiger partial charge in [0.1, 0.15) is 17.3 Å². The minimum absolute atomic E-state index is 0.106. The maximum absolute atomic E-state index is 13.1. The van der Waals surface area contributed by atoms with Gasteiger partial charge in [-0.3, -0.25) is 0 Å². The summed E-state index contributed by atoms with van der Waals surface area (Å²) in [7, 11) is 1.60. The third-order valence-corrected chi connectivity index (χ3v) is 2.57. The van der Waals surface area contributed by atoms with E-state index in [0.717, 1.165) is 11.3 Å². The smallest absolute Gasteiger partial charge is 0.123 e. The van der Waals surface area contributed by atoms with Gasteiger partial charge in [-0.2, -0.15) is 0 Å². The second-order valence-corrected chi connectivity index (χ2v) is 3.80. The van der Waals surface area contributed by atoms with Crippen LogP contribution in [0.5, 0.6) is 11.5 Å². The van der Waals surface area contributed by atoms with Crippen molar-refractivity contribution in [1.82, 2.24) is 0 Å². The van der Waals surface area contributed by atoms with Crippen LogP contribution in [0, 0.1) is 5.82 Å². The van der Waals surface area contributed by atoms with Crippen LogP contribution in [0.15, 0.2) is 42.5 Å². The third kappa shape index (κ3) is 2.75. The zero-order valence-corrected chi connectivity index (χ0v) is 9.48. The lowest BCUT2D eigenvalue weighted by atomic mass is 10.0. The average Bonchev–Trinajstić information content (AvgIpc) is 2.34. The molecule has 2 aromatic rings. The van der Waals surface area contributed by atoms with Crippen LogP contribution in [-0.4, -0.2) is 12.2 Å². The molecule has 0 fully saturated rings. The van der Waals surface area contributed by atoms with Crippen LogP contribution in [0.2, 0.25) is 0 Å². The highest BCUT2D eigenvalue weighted by atomic mass is 19.1. The van der Waals surface area contributed by atoms with Crippen molar-refractivity contribution < 1.29 is 14.2 Å². The van der Waals surface area contributed by atoms with E-state index in [1.807, 2.05) is 24.3 Å². The van der Waals surface area contributed by atoms with Gasteiger partial charge >= 0.3 is 0 Å². The number of hydrogen-bond donors (Lipinski definition) is 1. The van der Waals surface area contributed by atoms with Gasteiger partial charge in [-0.05, 0) is 35.9 Å². The fourth-order valence-electron chi connectivity index (χ4n) is 1.70. The van der Waals surface area contributed by atoms with E-state index in [1.165, 1.54) is 18.2 Å². The Bertz CT molecular complexity index is 523. The molecule has 0 aliphatic heterocycles. The van der Waals surface area contributed by atoms with E-state index in [1.54, 1.807) is 7.11 Å². The Morgan fingerprint density at radius 2 is 2.00 bits per heavy atom. The number of rotatable bonds is 3. The lowest BCUT2D eigenvalue weighted by Gasteiger charge is -2.06. The van der Waals surface area contributed by atoms with Gasteiger partial charge in [0.2, 0.25) is 0 Å². The molecule has 0 bridgehead atoms. The van der Waals surface area contributed by atoms with E-state index in [-0.39, 0.29) is 11.6 Å². The Labute approximate surface area is 99.3 Å². The maximum atomic E-state index is 13.1. The van der Waals surface area contributed by atoms with Crippen molar-refractivity contribution in [2.24, 2.45) is 0 Å². The first-order valence-electron chi connectivity index (χ1n) is 5.29. The highest BCUT2D eigenvalue weighted by molar-refractivity contribution is 5.38. The summed E-state index contributed by atoms with van der Waals surface area (Å²) in [5.74, 6) is 0.508. The number of benzene rings is 2. The molecule has 0 saturated carbocycles. The molecule has 0 heterocycles. The van der Waals surface area contributed by atoms with Crippen molar-refractivity contribution in [3.8, 4) is 11.5 Å². The summed E-state index contributed by atoms with van der Waals surface area (Å²) < 4.78 is 18.2. The van der Waals surface area contributed by atoms with Crippen LogP contribution in [0.1, 0.15) is 11.1 Å². The fourth-order valence-corrected chi connectivity index (χ4v) is 1.70. The first-order valence-corrected chi connectivity index (χ1v) is 5.29. The largest absolute Gasteiger partial charge is 0.508 e. The van der Waals surface area contributed by atoms with Gasteiger partial charge in [0, 0.05) is 12.0 Å². The van der Waals surface area contributed by atoms with E-state index in [9.17, 15) is 9.50 Å². The van der Waals surface area contributed by atoms with Gasteiger partial charge in [-0.15, -0.1) is 0 Å². The number of phenolic OH excluding ortho intramolecular Hbond substituents is 1. The van der Waals surface area contributed by atoms with Crippen LogP contribution in [0.3, 0.4) is 0 Å². The van der Waals surface area contributed by atoms with Gasteiger partial charge < -0.3 is 9.84 Å². The summed E-state index contributed by atoms with van der Waals surface area (Å²) in [6.07, 6.45) is 0.473. The SMILES string of the molecule is COc1cccc(Cc2cc(F)ccc2O)c1. The molecular weight excluding hydrogens is 219 g/mol. The van der Waals surface area contributed by atoms with Crippen LogP contribution in [0.25, 0.3) is 0 Å². The molecule has 0 unspecified atom stereocenters. The van der Waals surface area contributed by atoms with Gasteiger partial charge in [0.25, 0.3) is 0 Å². The average molecular weight is 232 g/mol. The first kappa shape index (κ1) is 11.5. The van der Waals surface area contributed by atoms with E-state index in [0.29, 0.717) is 12.0 Å². The Kier molecular flexibility index (Phi) is 3.28. The second kappa shape index (κ2) is 4.87. The highest BCUT2D eigenvalue weighted by Crippen LogP contribution is 2.23. The van der Waals surface area contributed by atoms with Crippen LogP contribution < -0.4 is 4.74 Å². The summed E-state index contributed by atoms with van der Waals surface area (Å²) in [6.45, 7) is 0. The number of hydrogen-bond acceptors (Lipinski definition) is 2. The number of ether oxygens (including phenoxy) is 1. The second-order valence-electron chi connectivity index (χ2n) is 3.80. The quantitative estimate of drug-likeness (QED) is 0.881. The number of aromatic hydroxyl groups is 1. The maximum Gasteiger partial charge on any atom is 0.123 e. The number of phenols is 1. The van der Waals surface area contributed by atoms with Crippen LogP contribution >= 0.6 is 0 Å². The van der Waals surface area contributed by atoms with Gasteiger partial charge in [-0.25, -0.2) is 4.39 Å². The zero-order chi connectivity index (χ0) is 12.3. The molecule has 0 spiro atoms. The van der Waals surface area contributed by atoms with E-state index < -0.39 is 0 Å². The van der Waals surface area contributed by atoms with E-state index in [4.69, 9.17) is 4.74 Å². The van der Waals surface area contributed by atoms with Crippen LogP contribution in [-0.2, 0) is 6.42 Å². The molecule has 0 aromatic heterocycles. The lowest BCUT2D eigenvalue weighted by Crippen LogP contribution is -1.91. The Hall–Kier alpha value is -2.03. The van der Waals surface area contributed by atoms with Gasteiger partial charge in [0.15, 0.2) is 0 Å². The van der Waals surface area contributed by atoms with Gasteiger partial charge in [0.05, 0.1) is 7.11 Å². The van der Waals surface area contributed by atoms with Crippen molar-refractivity contribution in [2.45, 2.75) is 6.42 Å². The molecule has 1 N–H and O–H groups in total. The Balaban J connectivity index is 2.27. The predicted molar refractivity (Wildman–Crippen MR) is 63.9 cm³/mol. The lowest BCUT2D eigenvalue weighted by molar-refractivity contribution is 0.414. The Morgan fingerprint density at radius 1 is 1.18 bits per heavy atom. The summed E-state index contributed by atoms with van der Waals surface area (Å²) in [5.41, 5.74) is 1.53. The molecule has 3 heteroatoms. The molecule has 0 aliphatic carbocycles. The minimum atomic E-state index is -0.347. The molecule has 0 radical (unpaired) electrons. The number of halogens is 1. The molecule has 17 heavy (non-hydrogen) atoms. The fraction of sp³-hybridized carbons (Fsp3) is 0.143. The van der Waals surface area contributed by atoms with Crippen molar-refractivity contribution >= 4 is 0 Å². The molecule has 2 nitrogen and oxygen atoms in total. The molecular formula is C14H13FO2. The van der Waals surface area contributed by atoms with Crippen molar-refractivity contribution in [1.29, 1.82) is 0 Å². The van der Waals surface area contributed by atoms with Crippen molar-refractivity contribution in [3.05, 3.63) is 59.4 Å². The third-order valence-electron chi connectivity index (χ3n) is 2.57. The normalized spacial score (nSPS) is 10.2. The highest BCUT2D eigenvalue weighted by Gasteiger charge is 2.05. The van der Waals surface area contributed by atoms with Crippen molar-refractivity contribution in [2.75, 3.05) is 7.11 Å². The molecule has 88 valence electrons. The van der Waals surface area contributed by atoms with E-state index >= 15 is 0 Å². The molecule has 0 atom stereocenters. The standard InChI is InChI=1S/C14H13FO2/c1-17-13-4-2-3-10(8-13)7-11-9-12(15)5-6-14(11)16/h2-6,8-9,16H,7H2,1H3. The Morgan fingerprint density at radius 3 is 2.76 bits per heavy atom. The van der Waals surface area contributed by atoms with Crippen molar-refractivity contribution in [3.63, 3.8) is 0 Å². The summed E-state index contributed by atoms with van der Waals surface area (Å²) >= 11 is 0. The predicted octanol–water partition coefficient (Wildman–Crippen LogP) is 3.13. The summed E-state index contributed by atoms with van der Waals surface area (Å²) in [6, 6.07) is 11.4. The monoisotopic (exact) mass is 232 g/mol. The topological polar surface area (TPSA) is 29.5 Å². The molecule has 0 amide bonds. The molecule has 0 saturated heterocycles. The first-order chi connectivity index (χ1) is 8.19. The minimum Gasteiger partial charge on any atom is -0.508 e.